The molecule has 3 aliphatic rings. The van der Waals surface area contributed by atoms with Gasteiger partial charge < -0.3 is 14.6 Å². The van der Waals surface area contributed by atoms with E-state index in [1.54, 1.807) is 58.0 Å². The number of phenolic OH excluding ortho intramolecular Hbond substituents is 1. The predicted molar refractivity (Wildman–Crippen MR) is 155 cm³/mol. The highest BCUT2D eigenvalue weighted by Gasteiger charge is 2.67. The molecule has 10 nitrogen and oxygen atoms in total. The number of methoxy groups -OCH3 is 2. The fourth-order valence-corrected chi connectivity index (χ4v) is 7.51. The number of aromatic hydroxyl groups is 1. The van der Waals surface area contributed by atoms with Crippen LogP contribution in [0.2, 0.25) is 0 Å². The molecule has 3 aromatic rings. The zero-order valence-electron chi connectivity index (χ0n) is 24.4. The molecule has 0 spiro atoms. The molecule has 2 aromatic carbocycles. The number of nitrogens with zero attached hydrogens (tertiary/aromatic N) is 3. The van der Waals surface area contributed by atoms with Crippen LogP contribution in [0.5, 0.6) is 17.2 Å². The molecule has 0 amide bonds. The predicted octanol–water partition coefficient (Wildman–Crippen LogP) is 3.69. The summed E-state index contributed by atoms with van der Waals surface area (Å²) in [7, 11) is 2.92. The third kappa shape index (κ3) is 3.32. The molecular formula is C32H33N3O7. The van der Waals surface area contributed by atoms with Gasteiger partial charge in [-0.15, -0.1) is 0 Å². The summed E-state index contributed by atoms with van der Waals surface area (Å²) in [6, 6.07) is 10.9. The molecule has 1 aliphatic heterocycles. The minimum atomic E-state index is -1.30. The molecule has 0 bridgehead atoms. The van der Waals surface area contributed by atoms with E-state index in [0.29, 0.717) is 28.0 Å². The van der Waals surface area contributed by atoms with Gasteiger partial charge in [-0.25, -0.2) is 23.5 Å². The number of benzene rings is 2. The molecule has 1 saturated carbocycles. The maximum absolute atomic E-state index is 14.4. The first kappa shape index (κ1) is 27.6. The molecule has 1 fully saturated rings. The zero-order valence-corrected chi connectivity index (χ0v) is 24.4. The van der Waals surface area contributed by atoms with Gasteiger partial charge in [-0.05, 0) is 49.1 Å². The molecule has 0 saturated heterocycles. The molecule has 42 heavy (non-hydrogen) atoms. The topological polar surface area (TPSA) is 122 Å². The van der Waals surface area contributed by atoms with Crippen LogP contribution in [0, 0.1) is 10.8 Å². The number of allylic oxidation sites excluding steroid dienone is 4. The average molecular weight is 572 g/mol. The van der Waals surface area contributed by atoms with Gasteiger partial charge in [0, 0.05) is 29.0 Å². The van der Waals surface area contributed by atoms with Gasteiger partial charge in [0.25, 0.3) is 0 Å². The monoisotopic (exact) mass is 571 g/mol. The fraction of sp³-hybridized carbons (Fsp3) is 0.375. The van der Waals surface area contributed by atoms with Crippen LogP contribution in [0.25, 0.3) is 5.69 Å². The van der Waals surface area contributed by atoms with E-state index in [1.165, 1.54) is 35.7 Å². The second kappa shape index (κ2) is 9.20. The molecule has 1 N–H and O–H groups in total. The lowest BCUT2D eigenvalue weighted by molar-refractivity contribution is -0.151. The molecule has 2 heterocycles. The number of hydrogen-bond acceptors (Lipinski definition) is 7. The number of phenols is 1. The number of fused-ring (bicyclic) bond motifs is 4. The van der Waals surface area contributed by atoms with Crippen LogP contribution < -0.4 is 20.9 Å². The number of ether oxygens (including phenoxy) is 2. The summed E-state index contributed by atoms with van der Waals surface area (Å²) in [6.07, 6.45) is 2.00. The highest BCUT2D eigenvalue weighted by atomic mass is 16.5. The molecule has 218 valence electrons. The Bertz CT molecular complexity index is 1830. The normalized spacial score (nSPS) is 26.8. The highest BCUT2D eigenvalue weighted by Crippen LogP contribution is 2.67. The highest BCUT2D eigenvalue weighted by molar-refractivity contribution is 6.17. The summed E-state index contributed by atoms with van der Waals surface area (Å²) in [6.45, 7) is 7.00. The van der Waals surface area contributed by atoms with E-state index >= 15 is 0 Å². The third-order valence-electron chi connectivity index (χ3n) is 9.95. The number of carbonyl (C=O) groups excluding carboxylic acids is 2. The summed E-state index contributed by atoms with van der Waals surface area (Å²) in [4.78, 5) is 56.4. The van der Waals surface area contributed by atoms with Gasteiger partial charge in [0.15, 0.2) is 11.6 Å². The first-order valence-electron chi connectivity index (χ1n) is 13.8. The van der Waals surface area contributed by atoms with E-state index in [4.69, 9.17) is 9.47 Å². The zero-order chi connectivity index (χ0) is 30.3. The van der Waals surface area contributed by atoms with Gasteiger partial charge in [-0.3, -0.25) is 9.59 Å². The largest absolute Gasteiger partial charge is 0.508 e. The number of carbonyl (C=O) groups is 2. The lowest BCUT2D eigenvalue weighted by Gasteiger charge is -2.58. The number of aromatic nitrogens is 3. The van der Waals surface area contributed by atoms with E-state index in [-0.39, 0.29) is 41.8 Å². The summed E-state index contributed by atoms with van der Waals surface area (Å²) >= 11 is 0. The number of hydrogen-bond donors (Lipinski definition) is 1. The van der Waals surface area contributed by atoms with Gasteiger partial charge in [-0.1, -0.05) is 38.1 Å². The SMILES string of the molecule is COc1cc(O)cc(OC)c1[C@H]1C2=CCn3c(=O)n(-c4ccccc4)c(=O)n3[C@@H]2C[C@@]2(C)C(=O)C(C)=C(C)C(=O)[C@@]12C. The van der Waals surface area contributed by atoms with Crippen LogP contribution in [-0.4, -0.2) is 44.8 Å². The molecule has 4 atom stereocenters. The summed E-state index contributed by atoms with van der Waals surface area (Å²) in [5.41, 5.74) is -1.18. The Hall–Kier alpha value is -4.60. The Morgan fingerprint density at radius 3 is 2.07 bits per heavy atom. The summed E-state index contributed by atoms with van der Waals surface area (Å²) < 4.78 is 15.4. The van der Waals surface area contributed by atoms with Crippen molar-refractivity contribution in [1.29, 1.82) is 0 Å². The summed E-state index contributed by atoms with van der Waals surface area (Å²) in [5, 5.41) is 10.4. The smallest absolute Gasteiger partial charge is 0.352 e. The Kier molecular flexibility index (Phi) is 6.04. The van der Waals surface area contributed by atoms with E-state index < -0.39 is 34.2 Å². The van der Waals surface area contributed by atoms with Gasteiger partial charge in [-0.2, -0.15) is 0 Å². The van der Waals surface area contributed by atoms with Crippen molar-refractivity contribution >= 4 is 11.6 Å². The van der Waals surface area contributed by atoms with E-state index in [2.05, 4.69) is 0 Å². The van der Waals surface area contributed by atoms with Crippen molar-refractivity contribution in [2.45, 2.75) is 52.6 Å². The van der Waals surface area contributed by atoms with Gasteiger partial charge in [0.2, 0.25) is 0 Å². The second-order valence-corrected chi connectivity index (χ2v) is 11.7. The Morgan fingerprint density at radius 1 is 0.881 bits per heavy atom. The van der Waals surface area contributed by atoms with Crippen LogP contribution in [0.4, 0.5) is 0 Å². The minimum Gasteiger partial charge on any atom is -0.508 e. The number of para-hydroxylation sites is 1. The van der Waals surface area contributed by atoms with Crippen LogP contribution in [0.3, 0.4) is 0 Å². The van der Waals surface area contributed by atoms with E-state index in [0.717, 1.165) is 4.57 Å². The Morgan fingerprint density at radius 2 is 1.48 bits per heavy atom. The van der Waals surface area contributed by atoms with Crippen molar-refractivity contribution in [1.82, 2.24) is 13.9 Å². The second-order valence-electron chi connectivity index (χ2n) is 11.7. The first-order valence-corrected chi connectivity index (χ1v) is 13.8. The quantitative estimate of drug-likeness (QED) is 0.474. The average Bonchev–Trinajstić information content (AvgIpc) is 3.25. The van der Waals surface area contributed by atoms with Crippen molar-refractivity contribution in [2.75, 3.05) is 14.2 Å². The number of rotatable bonds is 4. The van der Waals surface area contributed by atoms with Crippen LogP contribution in [0.1, 0.15) is 51.6 Å². The third-order valence-corrected chi connectivity index (χ3v) is 9.95. The van der Waals surface area contributed by atoms with Gasteiger partial charge in [0.05, 0.1) is 37.9 Å². The molecule has 2 aliphatic carbocycles. The number of Topliss-reactive ketones (excluding diaryl/α,β-unsaturated/α-hetero) is 2. The Labute approximate surface area is 242 Å². The maximum atomic E-state index is 14.4. The minimum absolute atomic E-state index is 0.0851. The maximum Gasteiger partial charge on any atom is 0.352 e. The summed E-state index contributed by atoms with van der Waals surface area (Å²) in [5.74, 6) is -0.680. The standard InChI is InChI=1S/C32H33N3O7/c1-17-18(2)28(38)32(4)26(25-23(41-5)14-20(36)15-24(25)42-6)21-12-13-33-29(39)34(19-10-8-7-9-11-19)30(40)35(33)22(21)16-31(32,3)27(17)37/h7-12,14-15,22,26,36H,13,16H2,1-6H3/t22-,26-,31+,32-/m1/s1. The van der Waals surface area contributed by atoms with Crippen molar-refractivity contribution < 1.29 is 24.2 Å². The first-order chi connectivity index (χ1) is 19.9. The molecule has 0 radical (unpaired) electrons. The number of ketones is 2. The van der Waals surface area contributed by atoms with Crippen LogP contribution in [0.15, 0.2) is 74.8 Å². The molecule has 10 heteroatoms. The van der Waals surface area contributed by atoms with Crippen molar-refractivity contribution in [2.24, 2.45) is 10.8 Å². The van der Waals surface area contributed by atoms with Crippen LogP contribution >= 0.6 is 0 Å². The van der Waals surface area contributed by atoms with Crippen molar-refractivity contribution in [3.63, 3.8) is 0 Å². The molecule has 1 aromatic heterocycles. The Balaban J connectivity index is 1.70. The molecule has 6 rings (SSSR count). The lowest BCUT2D eigenvalue weighted by atomic mass is 9.43. The van der Waals surface area contributed by atoms with E-state index in [1.807, 2.05) is 6.08 Å². The van der Waals surface area contributed by atoms with Gasteiger partial charge >= 0.3 is 11.4 Å². The van der Waals surface area contributed by atoms with E-state index in [9.17, 15) is 24.3 Å². The van der Waals surface area contributed by atoms with Crippen LogP contribution in [-0.2, 0) is 16.1 Å². The molecule has 0 unspecified atom stereocenters. The van der Waals surface area contributed by atoms with Gasteiger partial charge in [0.1, 0.15) is 17.2 Å². The lowest BCUT2D eigenvalue weighted by Crippen LogP contribution is -2.61. The fourth-order valence-electron chi connectivity index (χ4n) is 7.51. The van der Waals surface area contributed by atoms with Crippen molar-refractivity contribution in [3.05, 3.63) is 91.8 Å². The molecular weight excluding hydrogens is 538 g/mol. The van der Waals surface area contributed by atoms with Crippen molar-refractivity contribution in [3.8, 4) is 22.9 Å².